The minimum absolute atomic E-state index is 0.360. The van der Waals surface area contributed by atoms with Crippen LogP contribution < -0.4 is 16.4 Å². The smallest absolute Gasteiger partial charge is 0.248 e. The molecule has 4 heteroatoms. The van der Waals surface area contributed by atoms with Crippen LogP contribution in [0, 0.1) is 18.8 Å². The summed E-state index contributed by atoms with van der Waals surface area (Å²) in [5.74, 6) is 1.21. The van der Waals surface area contributed by atoms with E-state index >= 15 is 0 Å². The fourth-order valence-corrected chi connectivity index (χ4v) is 2.85. The zero-order chi connectivity index (χ0) is 12.0. The number of anilines is 1. The first-order valence-electron chi connectivity index (χ1n) is 6.04. The largest absolute Gasteiger partial charge is 0.382 e. The Labute approximate surface area is 101 Å². The molecule has 1 saturated carbocycles. The number of fused-ring (bicyclic) bond motifs is 1. The molecule has 3 rings (SSSR count). The van der Waals surface area contributed by atoms with Gasteiger partial charge in [0.1, 0.15) is 0 Å². The lowest BCUT2D eigenvalue weighted by Crippen LogP contribution is -2.21. The number of nitrogens with two attached hydrogens (primary N) is 1. The van der Waals surface area contributed by atoms with Crippen molar-refractivity contribution in [3.8, 4) is 0 Å². The Morgan fingerprint density at radius 2 is 2.12 bits per heavy atom. The average Bonchev–Trinajstić information content (AvgIpc) is 2.74. The van der Waals surface area contributed by atoms with Crippen molar-refractivity contribution in [2.45, 2.75) is 13.0 Å². The van der Waals surface area contributed by atoms with Crippen LogP contribution >= 0.6 is 0 Å². The molecule has 0 aromatic heterocycles. The third kappa shape index (κ3) is 1.78. The summed E-state index contributed by atoms with van der Waals surface area (Å²) in [6.45, 7) is 4.17. The number of benzene rings is 1. The summed E-state index contributed by atoms with van der Waals surface area (Å²) < 4.78 is 0. The fourth-order valence-electron chi connectivity index (χ4n) is 2.85. The van der Waals surface area contributed by atoms with Gasteiger partial charge in [0, 0.05) is 30.4 Å². The first kappa shape index (κ1) is 10.6. The lowest BCUT2D eigenvalue weighted by molar-refractivity contribution is 0.1000. The van der Waals surface area contributed by atoms with Crippen molar-refractivity contribution in [1.29, 1.82) is 0 Å². The highest BCUT2D eigenvalue weighted by atomic mass is 16.1. The fraction of sp³-hybridized carbons (Fsp3) is 0.462. The number of primary amides is 1. The van der Waals surface area contributed by atoms with E-state index in [1.165, 1.54) is 0 Å². The van der Waals surface area contributed by atoms with Crippen molar-refractivity contribution in [3.05, 3.63) is 29.3 Å². The van der Waals surface area contributed by atoms with Crippen molar-refractivity contribution in [2.75, 3.05) is 18.4 Å². The summed E-state index contributed by atoms with van der Waals surface area (Å²) >= 11 is 0. The van der Waals surface area contributed by atoms with E-state index in [1.54, 1.807) is 6.07 Å². The van der Waals surface area contributed by atoms with Crippen LogP contribution in [-0.4, -0.2) is 25.0 Å². The molecule has 0 bridgehead atoms. The van der Waals surface area contributed by atoms with Crippen molar-refractivity contribution in [3.63, 3.8) is 0 Å². The van der Waals surface area contributed by atoms with E-state index in [1.807, 2.05) is 19.1 Å². The van der Waals surface area contributed by atoms with Crippen molar-refractivity contribution in [1.82, 2.24) is 5.32 Å². The van der Waals surface area contributed by atoms with E-state index in [2.05, 4.69) is 10.6 Å². The van der Waals surface area contributed by atoms with Crippen LogP contribution in [0.4, 0.5) is 5.69 Å². The third-order valence-electron chi connectivity index (χ3n) is 3.92. The van der Waals surface area contributed by atoms with Crippen LogP contribution in [0.3, 0.4) is 0 Å². The van der Waals surface area contributed by atoms with Crippen LogP contribution in [-0.2, 0) is 0 Å². The van der Waals surface area contributed by atoms with E-state index in [4.69, 9.17) is 5.73 Å². The Hall–Kier alpha value is -1.55. The molecule has 2 unspecified atom stereocenters. The number of hydrogen-bond donors (Lipinski definition) is 3. The number of carbonyl (C=O) groups excluding carboxylic acids is 1. The molecule has 1 heterocycles. The third-order valence-corrected chi connectivity index (χ3v) is 3.92. The molecule has 4 nitrogen and oxygen atoms in total. The minimum Gasteiger partial charge on any atom is -0.382 e. The highest BCUT2D eigenvalue weighted by Gasteiger charge is 2.52. The molecule has 1 aromatic rings. The summed E-state index contributed by atoms with van der Waals surface area (Å²) in [5.41, 5.74) is 7.92. The Kier molecular flexibility index (Phi) is 2.33. The number of piperidine rings is 1. The zero-order valence-electron chi connectivity index (χ0n) is 9.86. The molecule has 2 atom stereocenters. The summed E-state index contributed by atoms with van der Waals surface area (Å²) in [4.78, 5) is 11.1. The SMILES string of the molecule is Cc1cc(NC2C3CNCC32)ccc1C(N)=O. The van der Waals surface area contributed by atoms with Gasteiger partial charge >= 0.3 is 0 Å². The van der Waals surface area contributed by atoms with Crippen LogP contribution in [0.15, 0.2) is 18.2 Å². The molecule has 90 valence electrons. The van der Waals surface area contributed by atoms with E-state index in [0.717, 1.165) is 36.2 Å². The highest BCUT2D eigenvalue weighted by Crippen LogP contribution is 2.43. The zero-order valence-corrected chi connectivity index (χ0v) is 9.86. The Morgan fingerprint density at radius 3 is 2.71 bits per heavy atom. The molecule has 1 aliphatic heterocycles. The molecule has 0 spiro atoms. The standard InChI is InChI=1S/C13H17N3O/c1-7-4-8(2-3-9(7)13(14)17)16-12-10-5-15-6-11(10)12/h2-4,10-12,15-16H,5-6H2,1H3,(H2,14,17). The van der Waals surface area contributed by atoms with E-state index < -0.39 is 0 Å². The lowest BCUT2D eigenvalue weighted by atomic mass is 10.1. The van der Waals surface area contributed by atoms with Gasteiger partial charge in [-0.2, -0.15) is 0 Å². The van der Waals surface area contributed by atoms with Gasteiger partial charge in [0.05, 0.1) is 0 Å². The monoisotopic (exact) mass is 231 g/mol. The minimum atomic E-state index is -0.360. The number of nitrogens with one attached hydrogen (secondary N) is 2. The van der Waals surface area contributed by atoms with Crippen LogP contribution in [0.5, 0.6) is 0 Å². The molecule has 1 saturated heterocycles. The van der Waals surface area contributed by atoms with Crippen LogP contribution in [0.2, 0.25) is 0 Å². The Morgan fingerprint density at radius 1 is 1.41 bits per heavy atom. The molecule has 2 aliphatic rings. The molecule has 1 aliphatic carbocycles. The molecule has 1 aromatic carbocycles. The van der Waals surface area contributed by atoms with E-state index in [0.29, 0.717) is 11.6 Å². The van der Waals surface area contributed by atoms with Gasteiger partial charge in [0.25, 0.3) is 0 Å². The second-order valence-corrected chi connectivity index (χ2v) is 5.05. The van der Waals surface area contributed by atoms with Gasteiger partial charge in [0.2, 0.25) is 5.91 Å². The normalized spacial score (nSPS) is 29.8. The number of amides is 1. The molecule has 1 amide bonds. The molecule has 2 fully saturated rings. The molecular formula is C13H17N3O. The van der Waals surface area contributed by atoms with Gasteiger partial charge in [-0.15, -0.1) is 0 Å². The van der Waals surface area contributed by atoms with Gasteiger partial charge in [0.15, 0.2) is 0 Å². The van der Waals surface area contributed by atoms with E-state index in [9.17, 15) is 4.79 Å². The maximum Gasteiger partial charge on any atom is 0.248 e. The summed E-state index contributed by atoms with van der Waals surface area (Å²) in [5, 5.41) is 6.90. The maximum absolute atomic E-state index is 11.1. The van der Waals surface area contributed by atoms with Gasteiger partial charge < -0.3 is 16.4 Å². The van der Waals surface area contributed by atoms with Gasteiger partial charge in [-0.3, -0.25) is 4.79 Å². The first-order chi connectivity index (χ1) is 8.16. The first-order valence-corrected chi connectivity index (χ1v) is 6.04. The highest BCUT2D eigenvalue weighted by molar-refractivity contribution is 5.94. The number of aryl methyl sites for hydroxylation is 1. The number of carbonyl (C=O) groups is 1. The summed E-state index contributed by atoms with van der Waals surface area (Å²) in [6.07, 6.45) is 0. The Bertz CT molecular complexity index is 462. The quantitative estimate of drug-likeness (QED) is 0.718. The number of rotatable bonds is 3. The predicted molar refractivity (Wildman–Crippen MR) is 67.0 cm³/mol. The van der Waals surface area contributed by atoms with Crippen LogP contribution in [0.25, 0.3) is 0 Å². The molecule has 4 N–H and O–H groups in total. The summed E-state index contributed by atoms with van der Waals surface area (Å²) in [6, 6.07) is 6.35. The second kappa shape index (κ2) is 3.74. The predicted octanol–water partition coefficient (Wildman–Crippen LogP) is 0.724. The van der Waals surface area contributed by atoms with Gasteiger partial charge in [-0.1, -0.05) is 0 Å². The number of hydrogen-bond acceptors (Lipinski definition) is 3. The lowest BCUT2D eigenvalue weighted by Gasteiger charge is -2.11. The second-order valence-electron chi connectivity index (χ2n) is 5.05. The molecule has 0 radical (unpaired) electrons. The van der Waals surface area contributed by atoms with Crippen LogP contribution in [0.1, 0.15) is 15.9 Å². The van der Waals surface area contributed by atoms with Gasteiger partial charge in [-0.25, -0.2) is 0 Å². The van der Waals surface area contributed by atoms with Crippen molar-refractivity contribution >= 4 is 11.6 Å². The average molecular weight is 231 g/mol. The molecule has 17 heavy (non-hydrogen) atoms. The van der Waals surface area contributed by atoms with Crippen molar-refractivity contribution < 1.29 is 4.79 Å². The van der Waals surface area contributed by atoms with E-state index in [-0.39, 0.29) is 5.91 Å². The maximum atomic E-state index is 11.1. The Balaban J connectivity index is 1.72. The summed E-state index contributed by atoms with van der Waals surface area (Å²) in [7, 11) is 0. The van der Waals surface area contributed by atoms with Crippen molar-refractivity contribution in [2.24, 2.45) is 17.6 Å². The van der Waals surface area contributed by atoms with Gasteiger partial charge in [-0.05, 0) is 42.5 Å². The topological polar surface area (TPSA) is 67.2 Å². The molecular weight excluding hydrogens is 214 g/mol.